The van der Waals surface area contributed by atoms with Gasteiger partial charge >= 0.3 is 5.97 Å². The van der Waals surface area contributed by atoms with Crippen LogP contribution in [0.2, 0.25) is 10.0 Å². The minimum atomic E-state index is -0.963. The first-order valence-corrected chi connectivity index (χ1v) is 13.7. The number of carboxylic acids is 1. The maximum absolute atomic E-state index is 12.4. The number of amides is 1. The van der Waals surface area contributed by atoms with Crippen LogP contribution in [0.1, 0.15) is 35.3 Å². The Morgan fingerprint density at radius 2 is 1.56 bits per heavy atom. The highest BCUT2D eigenvalue weighted by atomic mass is 35.5. The Labute approximate surface area is 247 Å². The van der Waals surface area contributed by atoms with Crippen molar-refractivity contribution in [3.63, 3.8) is 0 Å². The van der Waals surface area contributed by atoms with Crippen molar-refractivity contribution in [3.8, 4) is 28.1 Å². The number of hydrogen-bond donors (Lipinski definition) is 2. The van der Waals surface area contributed by atoms with Gasteiger partial charge < -0.3 is 15.2 Å². The summed E-state index contributed by atoms with van der Waals surface area (Å²) in [4.78, 5) is 23.2. The molecule has 0 saturated heterocycles. The number of carbonyl (C=O) groups is 2. The van der Waals surface area contributed by atoms with Crippen LogP contribution in [-0.2, 0) is 4.79 Å². The molecule has 0 aliphatic rings. The summed E-state index contributed by atoms with van der Waals surface area (Å²) in [5, 5.41) is 18.5. The van der Waals surface area contributed by atoms with Crippen LogP contribution in [0.5, 0.6) is 5.75 Å². The fraction of sp³-hybridized carbons (Fsp3) is 0.156. The summed E-state index contributed by atoms with van der Waals surface area (Å²) in [7, 11) is 1.64. The highest BCUT2D eigenvalue weighted by Crippen LogP contribution is 2.36. The molecule has 0 bridgehead atoms. The van der Waals surface area contributed by atoms with Crippen LogP contribution in [0, 0.1) is 0 Å². The second kappa shape index (κ2) is 12.0. The van der Waals surface area contributed by atoms with Crippen LogP contribution < -0.4 is 10.1 Å². The van der Waals surface area contributed by atoms with Crippen molar-refractivity contribution in [2.45, 2.75) is 19.4 Å². The molecule has 0 unspecified atom stereocenters. The van der Waals surface area contributed by atoms with Gasteiger partial charge in [-0.1, -0.05) is 53.5 Å². The first-order valence-electron chi connectivity index (χ1n) is 13.0. The van der Waals surface area contributed by atoms with Gasteiger partial charge in [0.15, 0.2) is 0 Å². The number of nitrogens with zero attached hydrogens (tertiary/aromatic N) is 2. The molecular formula is C32H27Cl2N3O4. The van der Waals surface area contributed by atoms with Crippen molar-refractivity contribution in [3.05, 3.63) is 106 Å². The Bertz CT molecular complexity index is 1710. The minimum Gasteiger partial charge on any atom is -0.497 e. The molecule has 9 heteroatoms. The largest absolute Gasteiger partial charge is 0.497 e. The number of aromatic nitrogens is 2. The van der Waals surface area contributed by atoms with E-state index in [9.17, 15) is 9.59 Å². The van der Waals surface area contributed by atoms with Gasteiger partial charge in [0.2, 0.25) is 0 Å². The fourth-order valence-electron chi connectivity index (χ4n) is 4.74. The van der Waals surface area contributed by atoms with Gasteiger partial charge in [-0.3, -0.25) is 14.3 Å². The summed E-state index contributed by atoms with van der Waals surface area (Å²) >= 11 is 12.7. The maximum atomic E-state index is 12.4. The summed E-state index contributed by atoms with van der Waals surface area (Å²) < 4.78 is 7.28. The van der Waals surface area contributed by atoms with Crippen LogP contribution >= 0.6 is 23.2 Å². The number of carboxylic acid groups (broad SMARTS) is 1. The molecule has 1 atom stereocenters. The average molecular weight is 588 g/mol. The molecule has 0 radical (unpaired) electrons. The van der Waals surface area contributed by atoms with E-state index in [-0.39, 0.29) is 24.9 Å². The predicted octanol–water partition coefficient (Wildman–Crippen LogP) is 7.50. The van der Waals surface area contributed by atoms with Crippen LogP contribution in [-0.4, -0.2) is 40.4 Å². The molecule has 2 N–H and O–H groups in total. The van der Waals surface area contributed by atoms with E-state index in [1.54, 1.807) is 25.3 Å². The molecule has 0 fully saturated rings. The Kier molecular flexibility index (Phi) is 8.28. The topological polar surface area (TPSA) is 93.5 Å². The monoisotopic (exact) mass is 587 g/mol. The number of ether oxygens (including phenoxy) is 1. The quantitative estimate of drug-likeness (QED) is 0.186. The lowest BCUT2D eigenvalue weighted by Gasteiger charge is -2.15. The molecule has 1 amide bonds. The van der Waals surface area contributed by atoms with Gasteiger partial charge in [0.25, 0.3) is 5.91 Å². The second-order valence-corrected chi connectivity index (χ2v) is 10.5. The van der Waals surface area contributed by atoms with Crippen molar-refractivity contribution >= 4 is 46.0 Å². The van der Waals surface area contributed by atoms with E-state index in [2.05, 4.69) is 23.5 Å². The number of rotatable bonds is 9. The molecule has 5 rings (SSSR count). The molecule has 0 aliphatic carbocycles. The zero-order valence-corrected chi connectivity index (χ0v) is 23.9. The zero-order valence-electron chi connectivity index (χ0n) is 22.4. The minimum absolute atomic E-state index is 0.0679. The molecule has 41 heavy (non-hydrogen) atoms. The number of carbonyl (C=O) groups excluding carboxylic acids is 1. The standard InChI is InChI=1S/C32H27Cl2N3O4/c1-19(20-3-5-22(6-4-20)32(40)35-14-13-30(38)39)37-29-17-23(21-7-10-27(41-2)11-8-21)9-12-28(29)31(36-37)24-15-25(33)18-26(34)16-24/h3-12,15-19H,13-14H2,1-2H3,(H,35,40)(H,38,39)/t19-/m0/s1. The molecule has 0 aliphatic heterocycles. The molecule has 4 aromatic carbocycles. The summed E-state index contributed by atoms with van der Waals surface area (Å²) in [5.74, 6) is -0.498. The number of halogens is 2. The molecule has 0 spiro atoms. The van der Waals surface area contributed by atoms with Gasteiger partial charge in [0, 0.05) is 33.1 Å². The third kappa shape index (κ3) is 6.21. The lowest BCUT2D eigenvalue weighted by atomic mass is 10.0. The highest BCUT2D eigenvalue weighted by molar-refractivity contribution is 6.35. The zero-order chi connectivity index (χ0) is 29.1. The summed E-state index contributed by atoms with van der Waals surface area (Å²) in [6.07, 6.45) is -0.133. The van der Waals surface area contributed by atoms with Crippen LogP contribution in [0.15, 0.2) is 84.9 Å². The van der Waals surface area contributed by atoms with E-state index >= 15 is 0 Å². The second-order valence-electron chi connectivity index (χ2n) is 9.61. The lowest BCUT2D eigenvalue weighted by molar-refractivity contribution is -0.136. The number of benzene rings is 4. The smallest absolute Gasteiger partial charge is 0.305 e. The molecular weight excluding hydrogens is 561 g/mol. The first kappa shape index (κ1) is 28.2. The Morgan fingerprint density at radius 3 is 2.20 bits per heavy atom. The van der Waals surface area contributed by atoms with Crippen molar-refractivity contribution in [2.75, 3.05) is 13.7 Å². The molecule has 1 aromatic heterocycles. The number of nitrogens with one attached hydrogen (secondary N) is 1. The Morgan fingerprint density at radius 1 is 0.902 bits per heavy atom. The molecule has 5 aromatic rings. The summed E-state index contributed by atoms with van der Waals surface area (Å²) in [5.41, 5.74) is 5.95. The third-order valence-corrected chi connectivity index (χ3v) is 7.35. The fourth-order valence-corrected chi connectivity index (χ4v) is 5.26. The van der Waals surface area contributed by atoms with E-state index in [0.717, 1.165) is 44.6 Å². The van der Waals surface area contributed by atoms with E-state index in [4.69, 9.17) is 38.1 Å². The Balaban J connectivity index is 1.55. The number of hydrogen-bond acceptors (Lipinski definition) is 4. The highest BCUT2D eigenvalue weighted by Gasteiger charge is 2.19. The van der Waals surface area contributed by atoms with E-state index in [1.165, 1.54) is 0 Å². The van der Waals surface area contributed by atoms with Gasteiger partial charge in [0.1, 0.15) is 11.4 Å². The number of aliphatic carboxylic acids is 1. The number of fused-ring (bicyclic) bond motifs is 1. The third-order valence-electron chi connectivity index (χ3n) is 6.91. The number of methoxy groups -OCH3 is 1. The predicted molar refractivity (Wildman–Crippen MR) is 162 cm³/mol. The van der Waals surface area contributed by atoms with Gasteiger partial charge in [0.05, 0.1) is 25.1 Å². The van der Waals surface area contributed by atoms with Crippen molar-refractivity contribution in [1.82, 2.24) is 15.1 Å². The SMILES string of the molecule is COc1ccc(-c2ccc3c(-c4cc(Cl)cc(Cl)c4)nn([C@@H](C)c4ccc(C(=O)NCCC(=O)O)cc4)c3c2)cc1. The van der Waals surface area contributed by atoms with E-state index in [0.29, 0.717) is 15.6 Å². The summed E-state index contributed by atoms with van der Waals surface area (Å²) in [6.45, 7) is 2.11. The average Bonchev–Trinajstić information content (AvgIpc) is 3.35. The molecule has 7 nitrogen and oxygen atoms in total. The molecule has 0 saturated carbocycles. The van der Waals surface area contributed by atoms with Gasteiger partial charge in [-0.25, -0.2) is 0 Å². The van der Waals surface area contributed by atoms with E-state index in [1.807, 2.05) is 60.1 Å². The summed E-state index contributed by atoms with van der Waals surface area (Å²) in [6, 6.07) is 26.5. The first-order chi connectivity index (χ1) is 19.7. The Hall–Kier alpha value is -4.33. The van der Waals surface area contributed by atoms with Crippen LogP contribution in [0.3, 0.4) is 0 Å². The van der Waals surface area contributed by atoms with Gasteiger partial charge in [-0.2, -0.15) is 5.10 Å². The van der Waals surface area contributed by atoms with Crippen LogP contribution in [0.25, 0.3) is 33.3 Å². The van der Waals surface area contributed by atoms with Gasteiger partial charge in [-0.15, -0.1) is 0 Å². The lowest BCUT2D eigenvalue weighted by Crippen LogP contribution is -2.26. The van der Waals surface area contributed by atoms with Crippen molar-refractivity contribution in [1.29, 1.82) is 0 Å². The van der Waals surface area contributed by atoms with E-state index < -0.39 is 5.97 Å². The molecule has 208 valence electrons. The van der Waals surface area contributed by atoms with Gasteiger partial charge in [-0.05, 0) is 78.2 Å². The maximum Gasteiger partial charge on any atom is 0.305 e. The van der Waals surface area contributed by atoms with Crippen molar-refractivity contribution in [2.24, 2.45) is 0 Å². The van der Waals surface area contributed by atoms with Crippen molar-refractivity contribution < 1.29 is 19.4 Å². The normalized spacial score (nSPS) is 11.8. The van der Waals surface area contributed by atoms with Crippen LogP contribution in [0.4, 0.5) is 0 Å². The molecule has 1 heterocycles.